The minimum absolute atomic E-state index is 0.0303. The number of rotatable bonds is 4. The van der Waals surface area contributed by atoms with Crippen LogP contribution in [0.25, 0.3) is 0 Å². The van der Waals surface area contributed by atoms with E-state index in [0.29, 0.717) is 0 Å². The molecule has 6 heteroatoms. The summed E-state index contributed by atoms with van der Waals surface area (Å²) >= 11 is 1.74. The van der Waals surface area contributed by atoms with Crippen molar-refractivity contribution in [2.45, 2.75) is 38.0 Å². The highest BCUT2D eigenvalue weighted by Crippen LogP contribution is 2.36. The van der Waals surface area contributed by atoms with Crippen LogP contribution in [0.1, 0.15) is 23.5 Å². The van der Waals surface area contributed by atoms with Gasteiger partial charge in [0, 0.05) is 43.2 Å². The van der Waals surface area contributed by atoms with E-state index < -0.39 is 0 Å². The van der Waals surface area contributed by atoms with E-state index in [1.165, 1.54) is 5.01 Å². The number of hydrogen-bond donors (Lipinski definition) is 0. The molecule has 0 aliphatic carbocycles. The summed E-state index contributed by atoms with van der Waals surface area (Å²) in [5.74, 6) is 0.851. The maximum Gasteiger partial charge on any atom is 0.138 e. The summed E-state index contributed by atoms with van der Waals surface area (Å²) in [4.78, 5) is 11.1. The molecule has 2 aromatic heterocycles. The van der Waals surface area contributed by atoms with Gasteiger partial charge in [-0.2, -0.15) is 0 Å². The Hall–Kier alpha value is -1.50. The molecular formula is C17H21N3O2S. The van der Waals surface area contributed by atoms with Crippen molar-refractivity contribution in [3.63, 3.8) is 0 Å². The van der Waals surface area contributed by atoms with Gasteiger partial charge in [0.05, 0.1) is 24.9 Å². The normalized spacial score (nSPS) is 23.6. The lowest BCUT2D eigenvalue weighted by molar-refractivity contribution is -0.188. The van der Waals surface area contributed by atoms with Gasteiger partial charge in [-0.15, -0.1) is 11.3 Å². The number of ether oxygens (including phenoxy) is 2. The van der Waals surface area contributed by atoms with Crippen molar-refractivity contribution in [2.75, 3.05) is 19.7 Å². The fourth-order valence-electron chi connectivity index (χ4n) is 3.46. The second-order valence-electron chi connectivity index (χ2n) is 6.48. The summed E-state index contributed by atoms with van der Waals surface area (Å²) < 4.78 is 12.2. The molecule has 0 radical (unpaired) electrons. The average Bonchev–Trinajstić information content (AvgIpc) is 2.92. The topological polar surface area (TPSA) is 47.5 Å². The van der Waals surface area contributed by atoms with Gasteiger partial charge in [-0.25, -0.2) is 4.98 Å². The molecule has 0 bridgehead atoms. The number of likely N-dealkylation sites (tertiary alicyclic amines) is 1. The van der Waals surface area contributed by atoms with Crippen LogP contribution < -0.4 is 4.74 Å². The Morgan fingerprint density at radius 3 is 3.13 bits per heavy atom. The van der Waals surface area contributed by atoms with Gasteiger partial charge in [0.15, 0.2) is 0 Å². The molecule has 5 nitrogen and oxygen atoms in total. The SMILES string of the molecule is Cc1csc(CN2CC3(CC(Oc4cccnc4)CCO3)C2)n1. The van der Waals surface area contributed by atoms with Crippen molar-refractivity contribution in [3.05, 3.63) is 40.6 Å². The first-order valence-electron chi connectivity index (χ1n) is 8.05. The number of pyridine rings is 1. The Bertz CT molecular complexity index is 655. The van der Waals surface area contributed by atoms with E-state index in [4.69, 9.17) is 9.47 Å². The van der Waals surface area contributed by atoms with Gasteiger partial charge in [0.2, 0.25) is 0 Å². The van der Waals surface area contributed by atoms with Crippen LogP contribution in [0.15, 0.2) is 29.9 Å². The standard InChI is InChI=1S/C17H21N3O2S/c1-13-10-23-16(19-13)9-20-11-17(12-20)7-14(4-6-21-17)22-15-3-2-5-18-8-15/h2-3,5,8,10,14H,4,6-7,9,11-12H2,1H3. The Kier molecular flexibility index (Phi) is 4.05. The van der Waals surface area contributed by atoms with Crippen LogP contribution in [0.3, 0.4) is 0 Å². The molecule has 2 aromatic rings. The lowest BCUT2D eigenvalue weighted by atomic mass is 9.84. The third-order valence-electron chi connectivity index (χ3n) is 4.43. The van der Waals surface area contributed by atoms with Crippen LogP contribution in [-0.4, -0.2) is 46.3 Å². The molecule has 0 amide bonds. The molecule has 2 fully saturated rings. The molecule has 23 heavy (non-hydrogen) atoms. The lowest BCUT2D eigenvalue weighted by Gasteiger charge is -2.52. The fourth-order valence-corrected chi connectivity index (χ4v) is 4.27. The first-order valence-corrected chi connectivity index (χ1v) is 8.93. The summed E-state index contributed by atoms with van der Waals surface area (Å²) in [6.07, 6.45) is 5.66. The number of hydrogen-bond acceptors (Lipinski definition) is 6. The van der Waals surface area contributed by atoms with Gasteiger partial charge >= 0.3 is 0 Å². The summed E-state index contributed by atoms with van der Waals surface area (Å²) in [7, 11) is 0. The second-order valence-corrected chi connectivity index (χ2v) is 7.42. The zero-order valence-corrected chi connectivity index (χ0v) is 14.1. The van der Waals surface area contributed by atoms with Crippen LogP contribution in [0.4, 0.5) is 0 Å². The Labute approximate surface area is 140 Å². The van der Waals surface area contributed by atoms with E-state index in [1.807, 2.05) is 19.1 Å². The molecule has 1 unspecified atom stereocenters. The summed E-state index contributed by atoms with van der Waals surface area (Å²) in [6, 6.07) is 3.87. The maximum absolute atomic E-state index is 6.09. The predicted octanol–water partition coefficient (Wildman–Crippen LogP) is 2.66. The summed E-state index contributed by atoms with van der Waals surface area (Å²) in [6.45, 7) is 5.69. The Morgan fingerprint density at radius 1 is 1.48 bits per heavy atom. The monoisotopic (exact) mass is 331 g/mol. The van der Waals surface area contributed by atoms with E-state index >= 15 is 0 Å². The van der Waals surface area contributed by atoms with Gasteiger partial charge in [-0.3, -0.25) is 9.88 Å². The van der Waals surface area contributed by atoms with Crippen molar-refractivity contribution in [1.82, 2.24) is 14.9 Å². The zero-order valence-electron chi connectivity index (χ0n) is 13.3. The lowest BCUT2D eigenvalue weighted by Crippen LogP contribution is -2.65. The van der Waals surface area contributed by atoms with Crippen molar-refractivity contribution in [2.24, 2.45) is 0 Å². The summed E-state index contributed by atoms with van der Waals surface area (Å²) in [5, 5.41) is 3.30. The molecular weight excluding hydrogens is 310 g/mol. The largest absolute Gasteiger partial charge is 0.489 e. The van der Waals surface area contributed by atoms with Crippen LogP contribution in [-0.2, 0) is 11.3 Å². The van der Waals surface area contributed by atoms with E-state index in [9.17, 15) is 0 Å². The van der Waals surface area contributed by atoms with Crippen molar-refractivity contribution >= 4 is 11.3 Å². The van der Waals surface area contributed by atoms with Crippen LogP contribution in [0.5, 0.6) is 5.75 Å². The number of aryl methyl sites for hydroxylation is 1. The minimum atomic E-state index is -0.0303. The first-order chi connectivity index (χ1) is 11.2. The minimum Gasteiger partial charge on any atom is -0.489 e. The van der Waals surface area contributed by atoms with Crippen molar-refractivity contribution in [1.29, 1.82) is 0 Å². The number of aromatic nitrogens is 2. The molecule has 4 rings (SSSR count). The molecule has 1 spiro atoms. The second kappa shape index (κ2) is 6.19. The van der Waals surface area contributed by atoms with Gasteiger partial charge < -0.3 is 9.47 Å². The molecule has 122 valence electrons. The smallest absolute Gasteiger partial charge is 0.138 e. The van der Waals surface area contributed by atoms with Crippen LogP contribution in [0, 0.1) is 6.92 Å². The molecule has 2 aliphatic heterocycles. The van der Waals surface area contributed by atoms with E-state index in [2.05, 4.69) is 20.2 Å². The highest BCUT2D eigenvalue weighted by Gasteiger charge is 2.48. The quantitative estimate of drug-likeness (QED) is 0.862. The van der Waals surface area contributed by atoms with E-state index in [1.54, 1.807) is 23.7 Å². The molecule has 4 heterocycles. The number of nitrogens with zero attached hydrogens (tertiary/aromatic N) is 3. The van der Waals surface area contributed by atoms with Gasteiger partial charge in [0.1, 0.15) is 16.9 Å². The molecule has 0 N–H and O–H groups in total. The molecule has 1 atom stereocenters. The van der Waals surface area contributed by atoms with Crippen molar-refractivity contribution in [3.8, 4) is 5.75 Å². The van der Waals surface area contributed by atoms with E-state index in [0.717, 1.165) is 50.5 Å². The molecule has 2 aliphatic rings. The molecule has 2 saturated heterocycles. The van der Waals surface area contributed by atoms with E-state index in [-0.39, 0.29) is 11.7 Å². The highest BCUT2D eigenvalue weighted by molar-refractivity contribution is 7.09. The summed E-state index contributed by atoms with van der Waals surface area (Å²) in [5.41, 5.74) is 1.08. The maximum atomic E-state index is 6.09. The fraction of sp³-hybridized carbons (Fsp3) is 0.529. The van der Waals surface area contributed by atoms with Gasteiger partial charge in [-0.05, 0) is 19.1 Å². The van der Waals surface area contributed by atoms with Crippen molar-refractivity contribution < 1.29 is 9.47 Å². The molecule has 0 saturated carbocycles. The van der Waals surface area contributed by atoms with Crippen LogP contribution >= 0.6 is 11.3 Å². The third kappa shape index (κ3) is 3.39. The van der Waals surface area contributed by atoms with Gasteiger partial charge in [0.25, 0.3) is 0 Å². The first kappa shape index (κ1) is 15.1. The zero-order chi connectivity index (χ0) is 15.7. The van der Waals surface area contributed by atoms with Crippen LogP contribution in [0.2, 0.25) is 0 Å². The number of thiazole rings is 1. The van der Waals surface area contributed by atoms with Gasteiger partial charge in [-0.1, -0.05) is 0 Å². The third-order valence-corrected chi connectivity index (χ3v) is 5.39. The Morgan fingerprint density at radius 2 is 2.39 bits per heavy atom. The Balaban J connectivity index is 1.32. The predicted molar refractivity (Wildman–Crippen MR) is 88.7 cm³/mol. The highest BCUT2D eigenvalue weighted by atomic mass is 32.1. The average molecular weight is 331 g/mol. The molecule has 0 aromatic carbocycles.